The lowest BCUT2D eigenvalue weighted by Crippen LogP contribution is -2.05. The Morgan fingerprint density at radius 2 is 2.05 bits per heavy atom. The van der Waals surface area contributed by atoms with Gasteiger partial charge in [0.2, 0.25) is 0 Å². The van der Waals surface area contributed by atoms with Crippen molar-refractivity contribution in [2.75, 3.05) is 5.73 Å². The molecule has 0 aliphatic heterocycles. The Bertz CT molecular complexity index is 651. The molecule has 1 saturated carbocycles. The van der Waals surface area contributed by atoms with Gasteiger partial charge in [-0.25, -0.2) is 0 Å². The monoisotopic (exact) mass is 283 g/mol. The first-order valence-corrected chi connectivity index (χ1v) is 6.17. The van der Waals surface area contributed by atoms with Crippen molar-refractivity contribution in [3.8, 4) is 11.5 Å². The molecule has 2 unspecified atom stereocenters. The van der Waals surface area contributed by atoms with Crippen molar-refractivity contribution in [2.45, 2.75) is 25.4 Å². The molecule has 1 heterocycles. The summed E-state index contributed by atoms with van der Waals surface area (Å²) in [4.78, 5) is 4.15. The molecule has 2 N–H and O–H groups in total. The van der Waals surface area contributed by atoms with Crippen LogP contribution in [0.3, 0.4) is 0 Å². The Morgan fingerprint density at radius 3 is 2.65 bits per heavy atom. The van der Waals surface area contributed by atoms with Crippen LogP contribution in [0.2, 0.25) is 0 Å². The molecule has 1 aromatic carbocycles. The first-order chi connectivity index (χ1) is 9.36. The van der Waals surface area contributed by atoms with Gasteiger partial charge in [0.25, 0.3) is 5.89 Å². The maximum absolute atomic E-state index is 12.7. The van der Waals surface area contributed by atoms with Crippen LogP contribution in [0.1, 0.15) is 30.7 Å². The number of hydrogen-bond acceptors (Lipinski definition) is 4. The van der Waals surface area contributed by atoms with E-state index < -0.39 is 11.7 Å². The van der Waals surface area contributed by atoms with Crippen molar-refractivity contribution < 1.29 is 17.7 Å². The molecule has 3 rings (SSSR count). The first kappa shape index (κ1) is 13.0. The minimum atomic E-state index is -4.43. The van der Waals surface area contributed by atoms with Gasteiger partial charge < -0.3 is 10.3 Å². The summed E-state index contributed by atoms with van der Waals surface area (Å²) >= 11 is 0. The zero-order valence-corrected chi connectivity index (χ0v) is 10.6. The number of anilines is 1. The highest BCUT2D eigenvalue weighted by Gasteiger charge is 2.38. The van der Waals surface area contributed by atoms with E-state index in [-0.39, 0.29) is 23.1 Å². The summed E-state index contributed by atoms with van der Waals surface area (Å²) in [7, 11) is 0. The number of nitrogens with two attached hydrogens (primary N) is 1. The van der Waals surface area contributed by atoms with Crippen LogP contribution in [0.25, 0.3) is 11.5 Å². The van der Waals surface area contributed by atoms with Crippen molar-refractivity contribution in [2.24, 2.45) is 5.92 Å². The third-order valence-electron chi connectivity index (χ3n) is 3.49. The Labute approximate surface area is 112 Å². The molecular formula is C13H12F3N3O. The number of benzene rings is 1. The van der Waals surface area contributed by atoms with Crippen LogP contribution in [0, 0.1) is 5.92 Å². The second kappa shape index (κ2) is 4.22. The number of rotatable bonds is 2. The van der Waals surface area contributed by atoms with E-state index in [1.807, 2.05) is 0 Å². The predicted octanol–water partition coefficient (Wildman–Crippen LogP) is 3.46. The Kier molecular flexibility index (Phi) is 2.74. The van der Waals surface area contributed by atoms with E-state index in [1.54, 1.807) is 0 Å². The van der Waals surface area contributed by atoms with Crippen molar-refractivity contribution in [1.29, 1.82) is 0 Å². The van der Waals surface area contributed by atoms with Crippen LogP contribution in [0.4, 0.5) is 18.9 Å². The van der Waals surface area contributed by atoms with Crippen LogP contribution >= 0.6 is 0 Å². The fraction of sp³-hybridized carbons (Fsp3) is 0.385. The van der Waals surface area contributed by atoms with Crippen LogP contribution in [-0.2, 0) is 6.18 Å². The standard InChI is InChI=1S/C13H12F3N3O/c1-6-4-8(6)11-18-12(20-19-11)9-5-7(13(14,15)16)2-3-10(9)17/h2-3,5-6,8H,4,17H2,1H3. The second-order valence-corrected chi connectivity index (χ2v) is 5.08. The molecule has 7 heteroatoms. The van der Waals surface area contributed by atoms with E-state index in [1.165, 1.54) is 6.07 Å². The molecule has 0 amide bonds. The molecule has 0 spiro atoms. The number of nitrogens with zero attached hydrogens (tertiary/aromatic N) is 2. The summed E-state index contributed by atoms with van der Waals surface area (Å²) in [6, 6.07) is 3.06. The van der Waals surface area contributed by atoms with Gasteiger partial charge in [0, 0.05) is 11.6 Å². The number of nitrogen functional groups attached to an aromatic ring is 1. The topological polar surface area (TPSA) is 64.9 Å². The molecule has 4 nitrogen and oxygen atoms in total. The third kappa shape index (κ3) is 2.23. The summed E-state index contributed by atoms with van der Waals surface area (Å²) < 4.78 is 43.1. The van der Waals surface area contributed by atoms with E-state index in [0.29, 0.717) is 11.7 Å². The van der Waals surface area contributed by atoms with Crippen molar-refractivity contribution >= 4 is 5.69 Å². The molecule has 0 bridgehead atoms. The average molecular weight is 283 g/mol. The van der Waals surface area contributed by atoms with E-state index in [0.717, 1.165) is 18.6 Å². The Morgan fingerprint density at radius 1 is 1.35 bits per heavy atom. The zero-order chi connectivity index (χ0) is 14.5. The fourth-order valence-electron chi connectivity index (χ4n) is 2.09. The molecule has 1 aromatic heterocycles. The second-order valence-electron chi connectivity index (χ2n) is 5.08. The van der Waals surface area contributed by atoms with Gasteiger partial charge in [-0.1, -0.05) is 12.1 Å². The maximum Gasteiger partial charge on any atom is 0.416 e. The molecule has 0 saturated heterocycles. The predicted molar refractivity (Wildman–Crippen MR) is 65.7 cm³/mol. The zero-order valence-electron chi connectivity index (χ0n) is 10.6. The largest absolute Gasteiger partial charge is 0.416 e. The average Bonchev–Trinajstić information content (AvgIpc) is 2.89. The molecule has 2 aromatic rings. The normalized spacial score (nSPS) is 22.0. The number of alkyl halides is 3. The van der Waals surface area contributed by atoms with Gasteiger partial charge in [0.05, 0.1) is 11.1 Å². The maximum atomic E-state index is 12.7. The lowest BCUT2D eigenvalue weighted by atomic mass is 10.1. The molecule has 1 fully saturated rings. The van der Waals surface area contributed by atoms with Gasteiger partial charge >= 0.3 is 6.18 Å². The van der Waals surface area contributed by atoms with Gasteiger partial charge in [-0.05, 0) is 30.5 Å². The van der Waals surface area contributed by atoms with Crippen molar-refractivity contribution in [1.82, 2.24) is 10.1 Å². The molecule has 106 valence electrons. The van der Waals surface area contributed by atoms with Crippen LogP contribution in [-0.4, -0.2) is 10.1 Å². The summed E-state index contributed by atoms with van der Waals surface area (Å²) in [5.74, 6) is 1.28. The van der Waals surface area contributed by atoms with E-state index in [4.69, 9.17) is 10.3 Å². The summed E-state index contributed by atoms with van der Waals surface area (Å²) in [5, 5.41) is 3.82. The van der Waals surface area contributed by atoms with E-state index >= 15 is 0 Å². The number of hydrogen-bond donors (Lipinski definition) is 1. The highest BCUT2D eigenvalue weighted by Crippen LogP contribution is 2.46. The Hall–Kier alpha value is -2.05. The molecule has 1 aliphatic rings. The van der Waals surface area contributed by atoms with Gasteiger partial charge in [0.1, 0.15) is 0 Å². The summed E-state index contributed by atoms with van der Waals surface area (Å²) in [6.07, 6.45) is -3.46. The van der Waals surface area contributed by atoms with Crippen molar-refractivity contribution in [3.05, 3.63) is 29.6 Å². The van der Waals surface area contributed by atoms with Gasteiger partial charge in [-0.3, -0.25) is 0 Å². The van der Waals surface area contributed by atoms with Crippen LogP contribution in [0.5, 0.6) is 0 Å². The molecule has 2 atom stereocenters. The molecular weight excluding hydrogens is 271 g/mol. The lowest BCUT2D eigenvalue weighted by Gasteiger charge is -2.08. The number of aromatic nitrogens is 2. The van der Waals surface area contributed by atoms with Gasteiger partial charge in [-0.15, -0.1) is 0 Å². The highest BCUT2D eigenvalue weighted by molar-refractivity contribution is 5.71. The third-order valence-corrected chi connectivity index (χ3v) is 3.49. The Balaban J connectivity index is 1.98. The smallest absolute Gasteiger partial charge is 0.398 e. The fourth-order valence-corrected chi connectivity index (χ4v) is 2.09. The van der Waals surface area contributed by atoms with Crippen LogP contribution < -0.4 is 5.73 Å². The minimum absolute atomic E-state index is 0.0303. The summed E-state index contributed by atoms with van der Waals surface area (Å²) in [5.41, 5.74) is 5.20. The molecule has 0 radical (unpaired) electrons. The molecule has 20 heavy (non-hydrogen) atoms. The summed E-state index contributed by atoms with van der Waals surface area (Å²) in [6.45, 7) is 2.05. The lowest BCUT2D eigenvalue weighted by molar-refractivity contribution is -0.137. The van der Waals surface area contributed by atoms with Crippen molar-refractivity contribution in [3.63, 3.8) is 0 Å². The number of halogens is 3. The quantitative estimate of drug-likeness (QED) is 0.857. The van der Waals surface area contributed by atoms with E-state index in [9.17, 15) is 13.2 Å². The van der Waals surface area contributed by atoms with Gasteiger partial charge in [0.15, 0.2) is 5.82 Å². The first-order valence-electron chi connectivity index (χ1n) is 6.17. The van der Waals surface area contributed by atoms with Crippen LogP contribution in [0.15, 0.2) is 22.7 Å². The minimum Gasteiger partial charge on any atom is -0.398 e. The highest BCUT2D eigenvalue weighted by atomic mass is 19.4. The van der Waals surface area contributed by atoms with Gasteiger partial charge in [-0.2, -0.15) is 18.2 Å². The van der Waals surface area contributed by atoms with E-state index in [2.05, 4.69) is 17.1 Å². The molecule has 1 aliphatic carbocycles. The SMILES string of the molecule is CC1CC1c1noc(-c2cc(C(F)(F)F)ccc2N)n1.